The molecule has 2 saturated heterocycles. The largest absolute Gasteiger partial charge is 0.373 e. The number of hydrogen-bond donors (Lipinski definition) is 0. The van der Waals surface area contributed by atoms with E-state index in [2.05, 4.69) is 52.3 Å². The fraction of sp³-hybridized carbons (Fsp3) is 0.500. The van der Waals surface area contributed by atoms with E-state index in [1.807, 2.05) is 11.3 Å². The van der Waals surface area contributed by atoms with Gasteiger partial charge in [0.25, 0.3) is 0 Å². The van der Waals surface area contributed by atoms with Gasteiger partial charge in [0.2, 0.25) is 0 Å². The quantitative estimate of drug-likeness (QED) is 0.823. The van der Waals surface area contributed by atoms with Crippen molar-refractivity contribution in [3.8, 4) is 0 Å². The number of para-hydroxylation sites is 1. The lowest BCUT2D eigenvalue weighted by molar-refractivity contribution is 0.114. The maximum absolute atomic E-state index is 5.82. The van der Waals surface area contributed by atoms with Gasteiger partial charge in [0, 0.05) is 54.8 Å². The van der Waals surface area contributed by atoms with Gasteiger partial charge in [-0.15, -0.1) is 11.3 Å². The van der Waals surface area contributed by atoms with Crippen molar-refractivity contribution in [2.75, 3.05) is 37.7 Å². The van der Waals surface area contributed by atoms with Crippen LogP contribution in [0.4, 0.5) is 5.69 Å². The average molecular weight is 343 g/mol. The van der Waals surface area contributed by atoms with Crippen molar-refractivity contribution in [1.82, 2.24) is 4.90 Å². The number of ether oxygens (including phenoxy) is 1. The van der Waals surface area contributed by atoms with E-state index in [9.17, 15) is 0 Å². The van der Waals surface area contributed by atoms with Gasteiger partial charge in [0.15, 0.2) is 0 Å². The topological polar surface area (TPSA) is 15.7 Å². The van der Waals surface area contributed by atoms with Gasteiger partial charge in [0.1, 0.15) is 0 Å². The summed E-state index contributed by atoms with van der Waals surface area (Å²) in [5, 5.41) is 0. The molecule has 1 aromatic carbocycles. The SMILES string of the molecule is c1ccc(N2CCCN(Cc3ccc([C@@H]4CCCO4)s3)CC2)cc1. The number of nitrogens with zero attached hydrogens (tertiary/aromatic N) is 2. The number of hydrogen-bond acceptors (Lipinski definition) is 4. The van der Waals surface area contributed by atoms with Gasteiger partial charge in [-0.3, -0.25) is 4.90 Å². The molecule has 1 atom stereocenters. The van der Waals surface area contributed by atoms with E-state index < -0.39 is 0 Å². The lowest BCUT2D eigenvalue weighted by Crippen LogP contribution is -2.30. The van der Waals surface area contributed by atoms with E-state index in [1.54, 1.807) is 0 Å². The molecule has 2 aliphatic rings. The van der Waals surface area contributed by atoms with Crippen LogP contribution in [0.25, 0.3) is 0 Å². The molecule has 24 heavy (non-hydrogen) atoms. The zero-order valence-electron chi connectivity index (χ0n) is 14.2. The Morgan fingerprint density at radius 1 is 0.958 bits per heavy atom. The van der Waals surface area contributed by atoms with Gasteiger partial charge in [-0.25, -0.2) is 0 Å². The molecule has 2 aliphatic heterocycles. The summed E-state index contributed by atoms with van der Waals surface area (Å²) in [6.45, 7) is 6.62. The molecule has 0 spiro atoms. The summed E-state index contributed by atoms with van der Waals surface area (Å²) >= 11 is 1.95. The first-order chi connectivity index (χ1) is 11.9. The van der Waals surface area contributed by atoms with Crippen molar-refractivity contribution < 1.29 is 4.74 Å². The van der Waals surface area contributed by atoms with Crippen LogP contribution in [0.15, 0.2) is 42.5 Å². The second-order valence-electron chi connectivity index (χ2n) is 6.76. The summed E-state index contributed by atoms with van der Waals surface area (Å²) in [5.41, 5.74) is 1.36. The summed E-state index contributed by atoms with van der Waals surface area (Å²) in [5.74, 6) is 0. The van der Waals surface area contributed by atoms with Gasteiger partial charge in [-0.2, -0.15) is 0 Å². The average Bonchev–Trinajstić information content (AvgIpc) is 3.25. The fourth-order valence-electron chi connectivity index (χ4n) is 3.70. The maximum Gasteiger partial charge on any atom is 0.0917 e. The van der Waals surface area contributed by atoms with Crippen LogP contribution < -0.4 is 4.90 Å². The van der Waals surface area contributed by atoms with E-state index in [4.69, 9.17) is 4.74 Å². The molecule has 3 nitrogen and oxygen atoms in total. The molecule has 0 amide bonds. The van der Waals surface area contributed by atoms with E-state index in [0.29, 0.717) is 6.10 Å². The molecule has 3 heterocycles. The van der Waals surface area contributed by atoms with E-state index >= 15 is 0 Å². The predicted molar refractivity (Wildman–Crippen MR) is 101 cm³/mol. The van der Waals surface area contributed by atoms with Crippen molar-refractivity contribution in [3.63, 3.8) is 0 Å². The van der Waals surface area contributed by atoms with Crippen molar-refractivity contribution in [2.45, 2.75) is 31.9 Å². The third kappa shape index (κ3) is 3.82. The Labute approximate surface area is 148 Å². The minimum absolute atomic E-state index is 0.362. The van der Waals surface area contributed by atoms with Gasteiger partial charge in [-0.05, 0) is 43.5 Å². The molecular weight excluding hydrogens is 316 g/mol. The number of anilines is 1. The molecule has 0 unspecified atom stereocenters. The van der Waals surface area contributed by atoms with Crippen LogP contribution in [0, 0.1) is 0 Å². The first-order valence-corrected chi connectivity index (χ1v) is 9.93. The Morgan fingerprint density at radius 2 is 1.88 bits per heavy atom. The Bertz CT molecular complexity index is 636. The summed E-state index contributed by atoms with van der Waals surface area (Å²) in [6.07, 6.45) is 4.00. The Hall–Kier alpha value is -1.36. The van der Waals surface area contributed by atoms with Crippen LogP contribution in [-0.2, 0) is 11.3 Å². The molecular formula is C20H26N2OS. The summed E-state index contributed by atoms with van der Waals surface area (Å²) < 4.78 is 5.82. The van der Waals surface area contributed by atoms with E-state index in [-0.39, 0.29) is 0 Å². The normalized spacial score (nSPS) is 22.7. The third-order valence-corrected chi connectivity index (χ3v) is 6.18. The zero-order chi connectivity index (χ0) is 16.2. The van der Waals surface area contributed by atoms with E-state index in [0.717, 1.165) is 32.8 Å². The third-order valence-electron chi connectivity index (χ3n) is 5.02. The van der Waals surface area contributed by atoms with Gasteiger partial charge in [-0.1, -0.05) is 18.2 Å². The minimum Gasteiger partial charge on any atom is -0.373 e. The van der Waals surface area contributed by atoms with Crippen LogP contribution in [0.1, 0.15) is 35.1 Å². The lowest BCUT2D eigenvalue weighted by atomic mass is 10.2. The molecule has 0 radical (unpaired) electrons. The van der Waals surface area contributed by atoms with Crippen LogP contribution in [0.5, 0.6) is 0 Å². The predicted octanol–water partition coefficient (Wildman–Crippen LogP) is 4.31. The summed E-state index contributed by atoms with van der Waals surface area (Å²) in [7, 11) is 0. The van der Waals surface area contributed by atoms with Crippen molar-refractivity contribution >= 4 is 17.0 Å². The van der Waals surface area contributed by atoms with Gasteiger partial charge in [0.05, 0.1) is 6.10 Å². The van der Waals surface area contributed by atoms with Crippen molar-refractivity contribution in [2.24, 2.45) is 0 Å². The number of rotatable bonds is 4. The van der Waals surface area contributed by atoms with Crippen molar-refractivity contribution in [3.05, 3.63) is 52.2 Å². The molecule has 0 N–H and O–H groups in total. The monoisotopic (exact) mass is 342 g/mol. The summed E-state index contributed by atoms with van der Waals surface area (Å²) in [4.78, 5) is 8.03. The molecule has 128 valence electrons. The lowest BCUT2D eigenvalue weighted by Gasteiger charge is -2.23. The highest BCUT2D eigenvalue weighted by atomic mass is 32.1. The highest BCUT2D eigenvalue weighted by molar-refractivity contribution is 7.12. The van der Waals surface area contributed by atoms with Gasteiger partial charge >= 0.3 is 0 Å². The number of thiophene rings is 1. The molecule has 0 saturated carbocycles. The molecule has 2 aromatic rings. The van der Waals surface area contributed by atoms with Crippen LogP contribution in [0.2, 0.25) is 0 Å². The fourth-order valence-corrected chi connectivity index (χ4v) is 4.84. The maximum atomic E-state index is 5.82. The van der Waals surface area contributed by atoms with Crippen molar-refractivity contribution in [1.29, 1.82) is 0 Å². The minimum atomic E-state index is 0.362. The standard InChI is InChI=1S/C20H26N2OS/c1-2-6-17(7-3-1)22-12-5-11-21(13-14-22)16-18-9-10-20(24-18)19-8-4-15-23-19/h1-3,6-7,9-10,19H,4-5,8,11-16H2/t19-/m0/s1. The molecule has 2 fully saturated rings. The van der Waals surface area contributed by atoms with Gasteiger partial charge < -0.3 is 9.64 Å². The summed E-state index contributed by atoms with van der Waals surface area (Å²) in [6, 6.07) is 15.4. The Balaban J connectivity index is 1.34. The first kappa shape index (κ1) is 16.1. The van der Waals surface area contributed by atoms with Crippen LogP contribution in [0.3, 0.4) is 0 Å². The number of benzene rings is 1. The molecule has 4 heteroatoms. The van der Waals surface area contributed by atoms with Crippen LogP contribution >= 0.6 is 11.3 Å². The first-order valence-electron chi connectivity index (χ1n) is 9.11. The second kappa shape index (κ2) is 7.68. The smallest absolute Gasteiger partial charge is 0.0917 e. The zero-order valence-corrected chi connectivity index (χ0v) is 15.0. The molecule has 0 aliphatic carbocycles. The second-order valence-corrected chi connectivity index (χ2v) is 7.96. The van der Waals surface area contributed by atoms with E-state index in [1.165, 1.54) is 41.2 Å². The highest BCUT2D eigenvalue weighted by Crippen LogP contribution is 2.33. The Morgan fingerprint density at radius 3 is 2.71 bits per heavy atom. The Kier molecular flexibility index (Phi) is 5.16. The highest BCUT2D eigenvalue weighted by Gasteiger charge is 2.20. The molecule has 1 aromatic heterocycles. The molecule has 4 rings (SSSR count). The van der Waals surface area contributed by atoms with Crippen LogP contribution in [-0.4, -0.2) is 37.7 Å². The molecule has 0 bridgehead atoms.